The lowest BCUT2D eigenvalue weighted by Gasteiger charge is -2.24. The van der Waals surface area contributed by atoms with Crippen molar-refractivity contribution in [2.75, 3.05) is 6.54 Å². The number of nitrogens with zero attached hydrogens (tertiary/aromatic N) is 1. The van der Waals surface area contributed by atoms with Crippen LogP contribution >= 0.6 is 0 Å². The van der Waals surface area contributed by atoms with E-state index in [1.165, 1.54) is 0 Å². The van der Waals surface area contributed by atoms with E-state index < -0.39 is 41.8 Å². The third-order valence-electron chi connectivity index (χ3n) is 3.61. The number of amides is 4. The first-order chi connectivity index (χ1) is 12.5. The van der Waals surface area contributed by atoms with Gasteiger partial charge in [0.05, 0.1) is 12.5 Å². The first kappa shape index (κ1) is 24.1. The van der Waals surface area contributed by atoms with E-state index in [4.69, 9.17) is 28.7 Å². The van der Waals surface area contributed by atoms with Crippen LogP contribution in [0.25, 0.3) is 0 Å². The van der Waals surface area contributed by atoms with Gasteiger partial charge in [0, 0.05) is 6.54 Å². The van der Waals surface area contributed by atoms with Crippen molar-refractivity contribution in [3.05, 3.63) is 0 Å². The van der Waals surface area contributed by atoms with Gasteiger partial charge in [-0.25, -0.2) is 0 Å². The molecule has 12 heteroatoms. The Bertz CT molecular complexity index is 574. The van der Waals surface area contributed by atoms with Crippen LogP contribution in [0.1, 0.15) is 33.1 Å². The number of carbonyl (C=O) groups excluding carboxylic acids is 4. The summed E-state index contributed by atoms with van der Waals surface area (Å²) in [5, 5.41) is 4.95. The molecule has 0 radical (unpaired) electrons. The van der Waals surface area contributed by atoms with Crippen molar-refractivity contribution in [1.82, 2.24) is 10.6 Å². The SMILES string of the molecule is CC(C)[C@H](NC(=O)[C@@H](CCCN=C(N)N)NC(=O)[C@@H](N)CC(N)=O)C(N)=O. The lowest BCUT2D eigenvalue weighted by atomic mass is 10.0. The summed E-state index contributed by atoms with van der Waals surface area (Å²) in [5.41, 5.74) is 26.4. The zero-order valence-electron chi connectivity index (χ0n) is 15.6. The summed E-state index contributed by atoms with van der Waals surface area (Å²) in [6, 6.07) is -3.13. The van der Waals surface area contributed by atoms with Crippen molar-refractivity contribution < 1.29 is 19.2 Å². The predicted octanol–water partition coefficient (Wildman–Crippen LogP) is -3.65. The molecule has 0 rings (SSSR count). The fourth-order valence-electron chi connectivity index (χ4n) is 2.18. The largest absolute Gasteiger partial charge is 0.370 e. The summed E-state index contributed by atoms with van der Waals surface area (Å²) >= 11 is 0. The standard InChI is InChI=1S/C15H30N8O4/c1-7(2)11(12(18)25)23-14(27)9(4-3-5-21-15(19)20)22-13(26)8(16)6-10(17)24/h7-9,11H,3-6,16H2,1-2H3,(H2,17,24)(H2,18,25)(H,22,26)(H,23,27)(H4,19,20,21)/t8-,9+,11-/m0/s1. The minimum absolute atomic E-state index is 0.0999. The smallest absolute Gasteiger partial charge is 0.243 e. The number of guanidine groups is 1. The molecule has 0 aliphatic carbocycles. The number of primary amides is 2. The highest BCUT2D eigenvalue weighted by Gasteiger charge is 2.28. The zero-order chi connectivity index (χ0) is 21.1. The van der Waals surface area contributed by atoms with E-state index in [2.05, 4.69) is 15.6 Å². The van der Waals surface area contributed by atoms with Gasteiger partial charge in [0.2, 0.25) is 23.6 Å². The predicted molar refractivity (Wildman–Crippen MR) is 99.6 cm³/mol. The topological polar surface area (TPSA) is 235 Å². The van der Waals surface area contributed by atoms with Crippen LogP contribution in [0.5, 0.6) is 0 Å². The maximum absolute atomic E-state index is 12.5. The van der Waals surface area contributed by atoms with Crippen LogP contribution in [-0.2, 0) is 19.2 Å². The van der Waals surface area contributed by atoms with Gasteiger partial charge in [-0.1, -0.05) is 13.8 Å². The second kappa shape index (κ2) is 11.7. The molecule has 12 N–H and O–H groups in total. The average Bonchev–Trinajstić information content (AvgIpc) is 2.53. The van der Waals surface area contributed by atoms with E-state index >= 15 is 0 Å². The molecule has 3 atom stereocenters. The fraction of sp³-hybridized carbons (Fsp3) is 0.667. The number of hydrogen-bond donors (Lipinski definition) is 7. The molecule has 154 valence electrons. The third kappa shape index (κ3) is 9.99. The Morgan fingerprint density at radius 2 is 1.56 bits per heavy atom. The van der Waals surface area contributed by atoms with E-state index in [-0.39, 0.29) is 31.3 Å². The highest BCUT2D eigenvalue weighted by atomic mass is 16.2. The minimum Gasteiger partial charge on any atom is -0.370 e. The van der Waals surface area contributed by atoms with Crippen LogP contribution in [0.3, 0.4) is 0 Å². The highest BCUT2D eigenvalue weighted by molar-refractivity contribution is 5.94. The van der Waals surface area contributed by atoms with Crippen molar-refractivity contribution in [2.24, 2.45) is 39.6 Å². The number of aliphatic imine (C=N–C) groups is 1. The van der Waals surface area contributed by atoms with E-state index in [0.717, 1.165) is 0 Å². The zero-order valence-corrected chi connectivity index (χ0v) is 15.6. The summed E-state index contributed by atoms with van der Waals surface area (Å²) in [7, 11) is 0. The van der Waals surface area contributed by atoms with Gasteiger partial charge >= 0.3 is 0 Å². The van der Waals surface area contributed by atoms with E-state index in [1.807, 2.05) is 0 Å². The molecule has 0 spiro atoms. The number of nitrogens with two attached hydrogens (primary N) is 5. The van der Waals surface area contributed by atoms with E-state index in [1.54, 1.807) is 13.8 Å². The van der Waals surface area contributed by atoms with Crippen LogP contribution < -0.4 is 39.3 Å². The van der Waals surface area contributed by atoms with Crippen LogP contribution in [0.4, 0.5) is 0 Å². The summed E-state index contributed by atoms with van der Waals surface area (Å²) in [6.07, 6.45) is 0.162. The molecule has 27 heavy (non-hydrogen) atoms. The fourth-order valence-corrected chi connectivity index (χ4v) is 2.18. The van der Waals surface area contributed by atoms with Crippen LogP contribution in [0.15, 0.2) is 4.99 Å². The number of hydrogen-bond acceptors (Lipinski definition) is 6. The van der Waals surface area contributed by atoms with Crippen molar-refractivity contribution in [2.45, 2.75) is 51.2 Å². The van der Waals surface area contributed by atoms with E-state index in [9.17, 15) is 19.2 Å². The summed E-state index contributed by atoms with van der Waals surface area (Å²) in [4.78, 5) is 50.8. The van der Waals surface area contributed by atoms with Gasteiger partial charge in [-0.2, -0.15) is 0 Å². The molecule has 0 saturated heterocycles. The maximum atomic E-state index is 12.5. The number of rotatable bonds is 12. The second-order valence-corrected chi connectivity index (χ2v) is 6.42. The maximum Gasteiger partial charge on any atom is 0.243 e. The second-order valence-electron chi connectivity index (χ2n) is 6.42. The van der Waals surface area contributed by atoms with Crippen molar-refractivity contribution in [1.29, 1.82) is 0 Å². The van der Waals surface area contributed by atoms with Gasteiger partial charge in [-0.15, -0.1) is 0 Å². The van der Waals surface area contributed by atoms with Gasteiger partial charge in [-0.3, -0.25) is 24.2 Å². The Hall–Kier alpha value is -2.89. The molecule has 0 unspecified atom stereocenters. The molecule has 0 saturated carbocycles. The van der Waals surface area contributed by atoms with Crippen LogP contribution in [0, 0.1) is 5.92 Å². The molecule has 4 amide bonds. The third-order valence-corrected chi connectivity index (χ3v) is 3.61. The van der Waals surface area contributed by atoms with Gasteiger partial charge in [0.1, 0.15) is 12.1 Å². The Morgan fingerprint density at radius 1 is 0.963 bits per heavy atom. The summed E-state index contributed by atoms with van der Waals surface area (Å²) < 4.78 is 0. The quantitative estimate of drug-likeness (QED) is 0.101. The first-order valence-corrected chi connectivity index (χ1v) is 8.45. The molecular weight excluding hydrogens is 356 g/mol. The average molecular weight is 386 g/mol. The number of carbonyl (C=O) groups is 4. The first-order valence-electron chi connectivity index (χ1n) is 8.45. The van der Waals surface area contributed by atoms with Crippen molar-refractivity contribution in [3.8, 4) is 0 Å². The van der Waals surface area contributed by atoms with Gasteiger partial charge in [0.15, 0.2) is 5.96 Å². The molecule has 0 aromatic carbocycles. The van der Waals surface area contributed by atoms with Crippen LogP contribution in [0.2, 0.25) is 0 Å². The van der Waals surface area contributed by atoms with Gasteiger partial charge in [-0.05, 0) is 18.8 Å². The Kier molecular flexibility index (Phi) is 10.4. The minimum atomic E-state index is -1.20. The lowest BCUT2D eigenvalue weighted by molar-refractivity contribution is -0.133. The summed E-state index contributed by atoms with van der Waals surface area (Å²) in [6.45, 7) is 3.66. The molecule has 0 fully saturated rings. The monoisotopic (exact) mass is 386 g/mol. The Morgan fingerprint density at radius 3 is 2.00 bits per heavy atom. The van der Waals surface area contributed by atoms with Crippen molar-refractivity contribution in [3.63, 3.8) is 0 Å². The highest BCUT2D eigenvalue weighted by Crippen LogP contribution is 2.05. The molecule has 0 aromatic rings. The van der Waals surface area contributed by atoms with E-state index in [0.29, 0.717) is 6.42 Å². The molecule has 12 nitrogen and oxygen atoms in total. The molecule has 0 bridgehead atoms. The summed E-state index contributed by atoms with van der Waals surface area (Å²) in [5.74, 6) is -3.14. The molecule has 0 aromatic heterocycles. The van der Waals surface area contributed by atoms with Gasteiger partial charge < -0.3 is 39.3 Å². The molecule has 0 aliphatic rings. The van der Waals surface area contributed by atoms with Crippen molar-refractivity contribution >= 4 is 29.6 Å². The Balaban J connectivity index is 5.12. The normalized spacial score (nSPS) is 13.9. The molecular formula is C15H30N8O4. The Labute approximate surface area is 157 Å². The van der Waals surface area contributed by atoms with Gasteiger partial charge in [0.25, 0.3) is 0 Å². The van der Waals surface area contributed by atoms with Crippen LogP contribution in [-0.4, -0.2) is 54.3 Å². The molecule has 0 aliphatic heterocycles. The molecule has 0 heterocycles. The lowest BCUT2D eigenvalue weighted by Crippen LogP contribution is -2.56. The number of nitrogens with one attached hydrogen (secondary N) is 2.